The van der Waals surface area contributed by atoms with E-state index in [2.05, 4.69) is 39.3 Å². The maximum atomic E-state index is 6.05. The Hall–Kier alpha value is -2.17. The summed E-state index contributed by atoms with van der Waals surface area (Å²) >= 11 is 6.05. The summed E-state index contributed by atoms with van der Waals surface area (Å²) in [6.45, 7) is 2.63. The Morgan fingerprint density at radius 2 is 1.88 bits per heavy atom. The highest BCUT2D eigenvalue weighted by Gasteiger charge is 2.25. The van der Waals surface area contributed by atoms with E-state index in [0.717, 1.165) is 24.6 Å². The van der Waals surface area contributed by atoms with Gasteiger partial charge < -0.3 is 4.52 Å². The lowest BCUT2D eigenvalue weighted by Gasteiger charge is -2.20. The summed E-state index contributed by atoms with van der Waals surface area (Å²) in [7, 11) is 0. The lowest BCUT2D eigenvalue weighted by Crippen LogP contribution is -2.25. The van der Waals surface area contributed by atoms with Gasteiger partial charge in [-0.3, -0.25) is 4.90 Å². The molecule has 1 heterocycles. The molecule has 5 heteroatoms. The van der Waals surface area contributed by atoms with E-state index < -0.39 is 0 Å². The fourth-order valence-corrected chi connectivity index (χ4v) is 3.14. The molecule has 0 N–H and O–H groups in total. The second-order valence-corrected chi connectivity index (χ2v) is 7.06. The molecule has 0 radical (unpaired) electrons. The maximum absolute atomic E-state index is 6.05. The van der Waals surface area contributed by atoms with Crippen LogP contribution in [-0.4, -0.2) is 21.6 Å². The van der Waals surface area contributed by atoms with Crippen LogP contribution in [-0.2, 0) is 13.1 Å². The summed E-state index contributed by atoms with van der Waals surface area (Å²) in [5.74, 6) is 2.04. The highest BCUT2D eigenvalue weighted by atomic mass is 35.5. The lowest BCUT2D eigenvalue weighted by molar-refractivity contribution is 0.211. The van der Waals surface area contributed by atoms with Gasteiger partial charge in [0.2, 0.25) is 11.7 Å². The lowest BCUT2D eigenvalue weighted by atomic mass is 10.2. The van der Waals surface area contributed by atoms with E-state index in [-0.39, 0.29) is 0 Å². The van der Waals surface area contributed by atoms with Crippen molar-refractivity contribution in [2.45, 2.75) is 25.9 Å². The Kier molecular flexibility index (Phi) is 4.81. The minimum atomic E-state index is 0.587. The van der Waals surface area contributed by atoms with Crippen LogP contribution in [0.1, 0.15) is 24.3 Å². The molecule has 2 aromatic carbocycles. The number of nitrogens with zero attached hydrogens (tertiary/aromatic N) is 3. The van der Waals surface area contributed by atoms with Crippen molar-refractivity contribution in [1.82, 2.24) is 15.0 Å². The summed E-state index contributed by atoms with van der Waals surface area (Å²) in [6.07, 6.45) is 2.64. The Balaban J connectivity index is 1.48. The molecule has 4 nitrogen and oxygen atoms in total. The molecule has 3 aromatic rings. The van der Waals surface area contributed by atoms with Crippen LogP contribution in [0.25, 0.3) is 11.4 Å². The molecule has 1 aliphatic carbocycles. The molecule has 4 rings (SSSR count). The quantitative estimate of drug-likeness (QED) is 0.611. The van der Waals surface area contributed by atoms with Gasteiger partial charge in [-0.1, -0.05) is 59.2 Å². The molecular weight excluding hydrogens is 334 g/mol. The zero-order valence-electron chi connectivity index (χ0n) is 13.9. The predicted octanol–water partition coefficient (Wildman–Crippen LogP) is 4.80. The van der Waals surface area contributed by atoms with Gasteiger partial charge in [-0.15, -0.1) is 0 Å². The van der Waals surface area contributed by atoms with Crippen LogP contribution >= 0.6 is 11.6 Å². The van der Waals surface area contributed by atoms with Gasteiger partial charge in [-0.2, -0.15) is 4.98 Å². The fraction of sp³-hybridized carbons (Fsp3) is 0.300. The van der Waals surface area contributed by atoms with Crippen molar-refractivity contribution >= 4 is 11.6 Å². The Labute approximate surface area is 152 Å². The van der Waals surface area contributed by atoms with Crippen molar-refractivity contribution in [2.75, 3.05) is 6.54 Å². The van der Waals surface area contributed by atoms with Gasteiger partial charge >= 0.3 is 0 Å². The molecular formula is C20H20ClN3O. The minimum Gasteiger partial charge on any atom is -0.338 e. The van der Waals surface area contributed by atoms with Crippen LogP contribution in [0.5, 0.6) is 0 Å². The number of aromatic nitrogens is 2. The number of hydrogen-bond donors (Lipinski definition) is 0. The SMILES string of the molecule is Clc1cccc(-c2noc(CN(Cc3ccccc3)CC3CC3)n2)c1. The first-order valence-corrected chi connectivity index (χ1v) is 8.99. The molecule has 1 saturated carbocycles. The van der Waals surface area contributed by atoms with Crippen molar-refractivity contribution in [1.29, 1.82) is 0 Å². The predicted molar refractivity (Wildman–Crippen MR) is 98.0 cm³/mol. The van der Waals surface area contributed by atoms with Crippen molar-refractivity contribution in [2.24, 2.45) is 5.92 Å². The van der Waals surface area contributed by atoms with Crippen molar-refractivity contribution in [3.63, 3.8) is 0 Å². The summed E-state index contributed by atoms with van der Waals surface area (Å²) in [5, 5.41) is 4.78. The summed E-state index contributed by atoms with van der Waals surface area (Å²) < 4.78 is 5.48. The van der Waals surface area contributed by atoms with Gasteiger partial charge in [0.1, 0.15) is 0 Å². The van der Waals surface area contributed by atoms with E-state index in [4.69, 9.17) is 16.1 Å². The molecule has 0 aliphatic heterocycles. The molecule has 25 heavy (non-hydrogen) atoms. The highest BCUT2D eigenvalue weighted by molar-refractivity contribution is 6.30. The molecule has 0 unspecified atom stereocenters. The largest absolute Gasteiger partial charge is 0.338 e. The van der Waals surface area contributed by atoms with Crippen molar-refractivity contribution in [3.05, 3.63) is 71.1 Å². The molecule has 1 fully saturated rings. The molecule has 1 aliphatic rings. The van der Waals surface area contributed by atoms with Crippen LogP contribution in [0, 0.1) is 5.92 Å². The zero-order valence-corrected chi connectivity index (χ0v) is 14.7. The molecule has 128 valence electrons. The second kappa shape index (κ2) is 7.38. The minimum absolute atomic E-state index is 0.587. The number of hydrogen-bond acceptors (Lipinski definition) is 4. The van der Waals surface area contributed by atoms with Crippen LogP contribution in [0.3, 0.4) is 0 Å². The normalized spacial score (nSPS) is 14.2. The average Bonchev–Trinajstić information content (AvgIpc) is 3.31. The van der Waals surface area contributed by atoms with Crippen LogP contribution in [0.4, 0.5) is 0 Å². The second-order valence-electron chi connectivity index (χ2n) is 6.62. The highest BCUT2D eigenvalue weighted by Crippen LogP contribution is 2.30. The van der Waals surface area contributed by atoms with E-state index in [9.17, 15) is 0 Å². The number of halogens is 1. The Morgan fingerprint density at radius 3 is 2.64 bits per heavy atom. The van der Waals surface area contributed by atoms with Gasteiger partial charge in [0.25, 0.3) is 0 Å². The van der Waals surface area contributed by atoms with Crippen LogP contribution < -0.4 is 0 Å². The van der Waals surface area contributed by atoms with E-state index in [1.807, 2.05) is 30.3 Å². The van der Waals surface area contributed by atoms with E-state index in [1.165, 1.54) is 18.4 Å². The Bertz CT molecular complexity index is 830. The van der Waals surface area contributed by atoms with Gasteiger partial charge in [-0.05, 0) is 36.5 Å². The monoisotopic (exact) mass is 353 g/mol. The maximum Gasteiger partial charge on any atom is 0.241 e. The zero-order chi connectivity index (χ0) is 17.1. The molecule has 0 amide bonds. The first kappa shape index (κ1) is 16.3. The molecule has 0 atom stereocenters. The first-order valence-electron chi connectivity index (χ1n) is 8.61. The molecule has 0 saturated heterocycles. The topological polar surface area (TPSA) is 42.2 Å². The van der Waals surface area contributed by atoms with Crippen LogP contribution in [0.2, 0.25) is 5.02 Å². The van der Waals surface area contributed by atoms with Gasteiger partial charge in [0.15, 0.2) is 0 Å². The van der Waals surface area contributed by atoms with E-state index in [1.54, 1.807) is 0 Å². The van der Waals surface area contributed by atoms with Gasteiger partial charge in [-0.25, -0.2) is 0 Å². The smallest absolute Gasteiger partial charge is 0.241 e. The molecule has 0 spiro atoms. The third kappa shape index (κ3) is 4.47. The van der Waals surface area contributed by atoms with E-state index in [0.29, 0.717) is 23.3 Å². The number of benzene rings is 2. The first-order chi connectivity index (χ1) is 12.3. The third-order valence-electron chi connectivity index (χ3n) is 4.37. The molecule has 1 aromatic heterocycles. The third-order valence-corrected chi connectivity index (χ3v) is 4.61. The number of rotatable bonds is 7. The average molecular weight is 354 g/mol. The van der Waals surface area contributed by atoms with Crippen LogP contribution in [0.15, 0.2) is 59.1 Å². The summed E-state index contributed by atoms with van der Waals surface area (Å²) in [6, 6.07) is 18.0. The summed E-state index contributed by atoms with van der Waals surface area (Å²) in [5.41, 5.74) is 2.18. The molecule has 0 bridgehead atoms. The van der Waals surface area contributed by atoms with Gasteiger partial charge in [0.05, 0.1) is 6.54 Å². The van der Waals surface area contributed by atoms with Crippen molar-refractivity contribution < 1.29 is 4.52 Å². The summed E-state index contributed by atoms with van der Waals surface area (Å²) in [4.78, 5) is 6.94. The van der Waals surface area contributed by atoms with Gasteiger partial charge in [0, 0.05) is 23.7 Å². The standard InChI is InChI=1S/C20H20ClN3O/c21-18-8-4-7-17(11-18)20-22-19(25-23-20)14-24(13-16-9-10-16)12-15-5-2-1-3-6-15/h1-8,11,16H,9-10,12-14H2. The van der Waals surface area contributed by atoms with E-state index >= 15 is 0 Å². The Morgan fingerprint density at radius 1 is 1.04 bits per heavy atom. The van der Waals surface area contributed by atoms with Crippen molar-refractivity contribution in [3.8, 4) is 11.4 Å². The fourth-order valence-electron chi connectivity index (χ4n) is 2.95.